The summed E-state index contributed by atoms with van der Waals surface area (Å²) in [5.74, 6) is 0.102. The van der Waals surface area contributed by atoms with Crippen molar-refractivity contribution in [1.82, 2.24) is 14.7 Å². The number of nitrogens with zero attached hydrogens (tertiary/aromatic N) is 3. The summed E-state index contributed by atoms with van der Waals surface area (Å²) >= 11 is 7.72. The SMILES string of the molecule is CC(C)(CCl)C(=O)N1CCCN(C(=O)CN2CCc3sccc3C2c2cccc(F)c2)CC1. The molecule has 1 aromatic carbocycles. The van der Waals surface area contributed by atoms with Gasteiger partial charge in [-0.15, -0.1) is 22.9 Å². The molecule has 2 aromatic rings. The Morgan fingerprint density at radius 1 is 1.12 bits per heavy atom. The van der Waals surface area contributed by atoms with E-state index in [2.05, 4.69) is 16.3 Å². The predicted octanol–water partition coefficient (Wildman–Crippen LogP) is 4.16. The zero-order valence-corrected chi connectivity index (χ0v) is 20.8. The van der Waals surface area contributed by atoms with Gasteiger partial charge in [-0.1, -0.05) is 12.1 Å². The molecule has 0 bridgehead atoms. The van der Waals surface area contributed by atoms with Crippen LogP contribution in [0.25, 0.3) is 0 Å². The monoisotopic (exact) mass is 491 g/mol. The molecule has 0 N–H and O–H groups in total. The van der Waals surface area contributed by atoms with Crippen molar-refractivity contribution in [3.63, 3.8) is 0 Å². The zero-order valence-electron chi connectivity index (χ0n) is 19.2. The minimum absolute atomic E-state index is 0.0407. The predicted molar refractivity (Wildman–Crippen MR) is 130 cm³/mol. The molecule has 2 aliphatic heterocycles. The number of fused-ring (bicyclic) bond motifs is 1. The molecule has 8 heteroatoms. The fraction of sp³-hybridized carbons (Fsp3) is 0.520. The second-order valence-electron chi connectivity index (χ2n) is 9.52. The number of amides is 2. The van der Waals surface area contributed by atoms with Gasteiger partial charge in [0.2, 0.25) is 11.8 Å². The lowest BCUT2D eigenvalue weighted by molar-refractivity contribution is -0.139. The van der Waals surface area contributed by atoms with Crippen LogP contribution in [-0.4, -0.2) is 71.7 Å². The van der Waals surface area contributed by atoms with E-state index in [1.807, 2.05) is 29.7 Å². The second kappa shape index (κ2) is 10.1. The van der Waals surface area contributed by atoms with Crippen LogP contribution in [0.2, 0.25) is 0 Å². The van der Waals surface area contributed by atoms with Gasteiger partial charge in [-0.3, -0.25) is 14.5 Å². The fourth-order valence-corrected chi connectivity index (χ4v) is 5.75. The first kappa shape index (κ1) is 24.2. The molecule has 0 aliphatic carbocycles. The van der Waals surface area contributed by atoms with Crippen LogP contribution in [0.3, 0.4) is 0 Å². The summed E-state index contributed by atoms with van der Waals surface area (Å²) in [4.78, 5) is 33.3. The van der Waals surface area contributed by atoms with Crippen LogP contribution in [0, 0.1) is 11.2 Å². The van der Waals surface area contributed by atoms with Crippen LogP contribution >= 0.6 is 22.9 Å². The molecule has 178 valence electrons. The molecule has 2 amide bonds. The number of carbonyl (C=O) groups is 2. The number of hydrogen-bond donors (Lipinski definition) is 0. The Balaban J connectivity index is 1.47. The average Bonchev–Trinajstić information content (AvgIpc) is 3.14. The Labute approximate surface area is 204 Å². The van der Waals surface area contributed by atoms with Crippen molar-refractivity contribution < 1.29 is 14.0 Å². The van der Waals surface area contributed by atoms with Crippen LogP contribution in [0.4, 0.5) is 4.39 Å². The molecule has 2 aliphatic rings. The van der Waals surface area contributed by atoms with Crippen molar-refractivity contribution >= 4 is 34.8 Å². The molecule has 1 unspecified atom stereocenters. The van der Waals surface area contributed by atoms with Gasteiger partial charge in [0, 0.05) is 43.5 Å². The molecule has 1 saturated heterocycles. The first-order valence-electron chi connectivity index (χ1n) is 11.5. The third-order valence-corrected chi connectivity index (χ3v) is 8.28. The minimum atomic E-state index is -0.606. The van der Waals surface area contributed by atoms with E-state index in [0.29, 0.717) is 26.2 Å². The molecule has 1 atom stereocenters. The number of hydrogen-bond acceptors (Lipinski definition) is 4. The van der Waals surface area contributed by atoms with Gasteiger partial charge in [0.25, 0.3) is 0 Å². The van der Waals surface area contributed by atoms with E-state index in [0.717, 1.165) is 24.9 Å². The highest BCUT2D eigenvalue weighted by Gasteiger charge is 2.34. The molecule has 4 rings (SSSR count). The van der Waals surface area contributed by atoms with Gasteiger partial charge >= 0.3 is 0 Å². The van der Waals surface area contributed by atoms with Crippen molar-refractivity contribution in [2.75, 3.05) is 45.1 Å². The van der Waals surface area contributed by atoms with Crippen molar-refractivity contribution in [2.24, 2.45) is 5.41 Å². The van der Waals surface area contributed by atoms with Gasteiger partial charge in [-0.05, 0) is 61.4 Å². The zero-order chi connectivity index (χ0) is 23.6. The van der Waals surface area contributed by atoms with Crippen molar-refractivity contribution in [2.45, 2.75) is 32.7 Å². The maximum Gasteiger partial charge on any atom is 0.236 e. The van der Waals surface area contributed by atoms with E-state index in [1.54, 1.807) is 23.5 Å². The van der Waals surface area contributed by atoms with Crippen molar-refractivity contribution in [3.8, 4) is 0 Å². The van der Waals surface area contributed by atoms with Gasteiger partial charge in [0.1, 0.15) is 5.82 Å². The Hall–Kier alpha value is -1.96. The third-order valence-electron chi connectivity index (χ3n) is 6.62. The van der Waals surface area contributed by atoms with Gasteiger partial charge < -0.3 is 9.80 Å². The summed E-state index contributed by atoms with van der Waals surface area (Å²) in [5, 5.41) is 2.07. The summed E-state index contributed by atoms with van der Waals surface area (Å²) in [5.41, 5.74) is 1.43. The van der Waals surface area contributed by atoms with E-state index < -0.39 is 5.41 Å². The first-order valence-corrected chi connectivity index (χ1v) is 12.9. The van der Waals surface area contributed by atoms with Crippen molar-refractivity contribution in [1.29, 1.82) is 0 Å². The molecular formula is C25H31ClFN3O2S. The summed E-state index contributed by atoms with van der Waals surface area (Å²) < 4.78 is 14.0. The second-order valence-corrected chi connectivity index (χ2v) is 10.8. The van der Waals surface area contributed by atoms with E-state index in [4.69, 9.17) is 11.6 Å². The van der Waals surface area contributed by atoms with E-state index in [-0.39, 0.29) is 36.1 Å². The number of halogens is 2. The fourth-order valence-electron chi connectivity index (χ4n) is 4.73. The van der Waals surface area contributed by atoms with Crippen LogP contribution in [0.1, 0.15) is 42.3 Å². The summed E-state index contributed by atoms with van der Waals surface area (Å²) in [7, 11) is 0. The van der Waals surface area contributed by atoms with E-state index >= 15 is 0 Å². The number of benzene rings is 1. The lowest BCUT2D eigenvalue weighted by Gasteiger charge is -2.37. The molecule has 33 heavy (non-hydrogen) atoms. The van der Waals surface area contributed by atoms with Crippen LogP contribution in [-0.2, 0) is 16.0 Å². The van der Waals surface area contributed by atoms with E-state index in [1.165, 1.54) is 16.5 Å². The Kier molecular flexibility index (Phi) is 7.41. The van der Waals surface area contributed by atoms with Crippen LogP contribution in [0.5, 0.6) is 0 Å². The Morgan fingerprint density at radius 2 is 1.88 bits per heavy atom. The maximum atomic E-state index is 14.0. The first-order chi connectivity index (χ1) is 15.8. The minimum Gasteiger partial charge on any atom is -0.340 e. The lowest BCUT2D eigenvalue weighted by atomic mass is 9.93. The van der Waals surface area contributed by atoms with Gasteiger partial charge in [-0.25, -0.2) is 4.39 Å². The molecule has 0 radical (unpaired) electrons. The highest BCUT2D eigenvalue weighted by Crippen LogP contribution is 2.37. The van der Waals surface area contributed by atoms with Gasteiger partial charge in [0.05, 0.1) is 18.0 Å². The number of alkyl halides is 1. The topological polar surface area (TPSA) is 43.9 Å². The highest BCUT2D eigenvalue weighted by atomic mass is 35.5. The van der Waals surface area contributed by atoms with Crippen LogP contribution in [0.15, 0.2) is 35.7 Å². The summed E-state index contributed by atoms with van der Waals surface area (Å²) in [6.45, 7) is 7.05. The largest absolute Gasteiger partial charge is 0.340 e. The molecular weight excluding hydrogens is 461 g/mol. The average molecular weight is 492 g/mol. The molecule has 0 spiro atoms. The molecule has 1 fully saturated rings. The van der Waals surface area contributed by atoms with Crippen LogP contribution < -0.4 is 0 Å². The number of thiophene rings is 1. The summed E-state index contributed by atoms with van der Waals surface area (Å²) in [6, 6.07) is 8.66. The van der Waals surface area contributed by atoms with Crippen molar-refractivity contribution in [3.05, 3.63) is 57.5 Å². The van der Waals surface area contributed by atoms with Gasteiger partial charge in [0.15, 0.2) is 0 Å². The Bertz CT molecular complexity index is 1010. The maximum absolute atomic E-state index is 14.0. The summed E-state index contributed by atoms with van der Waals surface area (Å²) in [6.07, 6.45) is 1.64. The van der Waals surface area contributed by atoms with Gasteiger partial charge in [-0.2, -0.15) is 0 Å². The van der Waals surface area contributed by atoms with E-state index in [9.17, 15) is 14.0 Å². The quantitative estimate of drug-likeness (QED) is 0.590. The normalized spacial score (nSPS) is 19.8. The molecule has 1 aromatic heterocycles. The standard InChI is InChI=1S/C25H31ClFN3O2S/c1-25(2,17-26)24(32)29-10-4-9-28(12-13-29)22(31)16-30-11-7-21-20(8-14-33-21)23(30)18-5-3-6-19(27)15-18/h3,5-6,8,14-15,23H,4,7,9-13,16-17H2,1-2H3. The smallest absolute Gasteiger partial charge is 0.236 e. The Morgan fingerprint density at radius 3 is 2.64 bits per heavy atom. The molecule has 0 saturated carbocycles. The number of rotatable bonds is 5. The highest BCUT2D eigenvalue weighted by molar-refractivity contribution is 7.10. The molecule has 5 nitrogen and oxygen atoms in total. The third kappa shape index (κ3) is 5.26. The lowest BCUT2D eigenvalue weighted by Crippen LogP contribution is -2.46. The molecule has 3 heterocycles. The number of carbonyl (C=O) groups excluding carboxylic acids is 2.